The van der Waals surface area contributed by atoms with E-state index in [0.29, 0.717) is 13.2 Å². The van der Waals surface area contributed by atoms with E-state index >= 15 is 0 Å². The monoisotopic (exact) mass is 245 g/mol. The van der Waals surface area contributed by atoms with E-state index in [1.807, 2.05) is 47.3 Å². The first-order chi connectivity index (χ1) is 8.86. The summed E-state index contributed by atoms with van der Waals surface area (Å²) in [6, 6.07) is 9.92. The van der Waals surface area contributed by atoms with Gasteiger partial charge in [0.15, 0.2) is 6.29 Å². The van der Waals surface area contributed by atoms with Crippen molar-refractivity contribution in [2.75, 3.05) is 20.3 Å². The van der Waals surface area contributed by atoms with Crippen molar-refractivity contribution in [3.63, 3.8) is 0 Å². The molecule has 3 rings (SSSR count). The Hall–Kier alpha value is -1.78. The van der Waals surface area contributed by atoms with Crippen LogP contribution in [0, 0.1) is 0 Å². The van der Waals surface area contributed by atoms with E-state index in [1.54, 1.807) is 7.11 Å². The largest absolute Gasteiger partial charge is 0.497 e. The Morgan fingerprint density at radius 1 is 1.11 bits per heavy atom. The molecule has 0 unspecified atom stereocenters. The van der Waals surface area contributed by atoms with Gasteiger partial charge in [0.25, 0.3) is 0 Å². The second-order valence-corrected chi connectivity index (χ2v) is 4.12. The maximum absolute atomic E-state index is 5.47. The number of hydrogen-bond acceptors (Lipinski definition) is 3. The van der Waals surface area contributed by atoms with Gasteiger partial charge in [0.1, 0.15) is 5.75 Å². The molecule has 2 heterocycles. The lowest BCUT2D eigenvalue weighted by atomic mass is 10.3. The zero-order valence-corrected chi connectivity index (χ0v) is 10.2. The Morgan fingerprint density at radius 3 is 2.50 bits per heavy atom. The predicted molar refractivity (Wildman–Crippen MR) is 67.0 cm³/mol. The minimum absolute atomic E-state index is 0.218. The van der Waals surface area contributed by atoms with Gasteiger partial charge < -0.3 is 18.8 Å². The van der Waals surface area contributed by atoms with Crippen molar-refractivity contribution in [3.05, 3.63) is 48.3 Å². The molecule has 0 atom stereocenters. The van der Waals surface area contributed by atoms with E-state index in [4.69, 9.17) is 14.2 Å². The van der Waals surface area contributed by atoms with Gasteiger partial charge in [-0.25, -0.2) is 0 Å². The van der Waals surface area contributed by atoms with E-state index < -0.39 is 0 Å². The highest BCUT2D eigenvalue weighted by Gasteiger charge is 2.19. The summed E-state index contributed by atoms with van der Waals surface area (Å²) in [6.45, 7) is 1.33. The first-order valence-corrected chi connectivity index (χ1v) is 5.92. The third-order valence-electron chi connectivity index (χ3n) is 2.98. The molecule has 0 amide bonds. The zero-order valence-electron chi connectivity index (χ0n) is 10.2. The molecule has 4 heteroatoms. The van der Waals surface area contributed by atoms with Crippen LogP contribution < -0.4 is 4.74 Å². The standard InChI is InChI=1S/C14H15NO3/c1-16-13-4-2-12(3-5-13)15-7-6-11(10-15)14-17-8-9-18-14/h2-7,10,14H,8-9H2,1H3. The molecule has 0 aliphatic carbocycles. The Balaban J connectivity index is 1.82. The Labute approximate surface area is 106 Å². The number of ether oxygens (including phenoxy) is 3. The van der Waals surface area contributed by atoms with Crippen LogP contribution in [0.1, 0.15) is 11.9 Å². The second kappa shape index (κ2) is 4.84. The van der Waals surface area contributed by atoms with Crippen LogP contribution >= 0.6 is 0 Å². The van der Waals surface area contributed by atoms with Crippen molar-refractivity contribution in [3.8, 4) is 11.4 Å². The normalized spacial score (nSPS) is 16.1. The molecule has 1 aliphatic heterocycles. The maximum atomic E-state index is 5.47. The summed E-state index contributed by atoms with van der Waals surface area (Å²) < 4.78 is 18.1. The molecule has 94 valence electrons. The van der Waals surface area contributed by atoms with Crippen molar-refractivity contribution >= 4 is 0 Å². The molecular formula is C14H15NO3. The van der Waals surface area contributed by atoms with Crippen LogP contribution in [0.25, 0.3) is 5.69 Å². The number of benzene rings is 1. The third-order valence-corrected chi connectivity index (χ3v) is 2.98. The van der Waals surface area contributed by atoms with Gasteiger partial charge >= 0.3 is 0 Å². The second-order valence-electron chi connectivity index (χ2n) is 4.12. The number of methoxy groups -OCH3 is 1. The minimum Gasteiger partial charge on any atom is -0.497 e. The zero-order chi connectivity index (χ0) is 12.4. The molecule has 0 spiro atoms. The van der Waals surface area contributed by atoms with Crippen molar-refractivity contribution in [2.45, 2.75) is 6.29 Å². The smallest absolute Gasteiger partial charge is 0.185 e. The number of rotatable bonds is 3. The van der Waals surface area contributed by atoms with E-state index in [2.05, 4.69) is 0 Å². The van der Waals surface area contributed by atoms with Crippen molar-refractivity contribution in [1.29, 1.82) is 0 Å². The average Bonchev–Trinajstić information content (AvgIpc) is 3.09. The SMILES string of the molecule is COc1ccc(-n2ccc(C3OCCO3)c2)cc1. The molecule has 18 heavy (non-hydrogen) atoms. The van der Waals surface area contributed by atoms with E-state index in [-0.39, 0.29) is 6.29 Å². The summed E-state index contributed by atoms with van der Waals surface area (Å²) in [5.74, 6) is 0.855. The van der Waals surface area contributed by atoms with Gasteiger partial charge in [-0.1, -0.05) is 0 Å². The van der Waals surface area contributed by atoms with Crippen LogP contribution in [0.2, 0.25) is 0 Å². The Morgan fingerprint density at radius 2 is 1.83 bits per heavy atom. The average molecular weight is 245 g/mol. The fourth-order valence-electron chi connectivity index (χ4n) is 2.02. The molecule has 1 saturated heterocycles. The predicted octanol–water partition coefficient (Wildman–Crippen LogP) is 2.53. The van der Waals surface area contributed by atoms with Crippen molar-refractivity contribution in [1.82, 2.24) is 4.57 Å². The Kier molecular flexibility index (Phi) is 3.04. The topological polar surface area (TPSA) is 32.6 Å². The van der Waals surface area contributed by atoms with Gasteiger partial charge in [-0.15, -0.1) is 0 Å². The lowest BCUT2D eigenvalue weighted by molar-refractivity contribution is -0.0440. The van der Waals surface area contributed by atoms with Gasteiger partial charge in [0, 0.05) is 23.6 Å². The molecule has 0 saturated carbocycles. The van der Waals surface area contributed by atoms with Gasteiger partial charge in [-0.05, 0) is 30.3 Å². The fourth-order valence-corrected chi connectivity index (χ4v) is 2.02. The quantitative estimate of drug-likeness (QED) is 0.833. The van der Waals surface area contributed by atoms with E-state index in [9.17, 15) is 0 Å². The first kappa shape index (κ1) is 11.3. The van der Waals surface area contributed by atoms with Crippen molar-refractivity contribution < 1.29 is 14.2 Å². The number of nitrogens with zero attached hydrogens (tertiary/aromatic N) is 1. The molecule has 4 nitrogen and oxygen atoms in total. The van der Waals surface area contributed by atoms with Crippen LogP contribution in [-0.2, 0) is 9.47 Å². The number of aromatic nitrogens is 1. The summed E-state index contributed by atoms with van der Waals surface area (Å²) >= 11 is 0. The maximum Gasteiger partial charge on any atom is 0.185 e. The van der Waals surface area contributed by atoms with Gasteiger partial charge in [0.2, 0.25) is 0 Å². The highest BCUT2D eigenvalue weighted by Crippen LogP contribution is 2.25. The van der Waals surface area contributed by atoms with Gasteiger partial charge in [0.05, 0.1) is 20.3 Å². The van der Waals surface area contributed by atoms with Crippen LogP contribution in [0.4, 0.5) is 0 Å². The first-order valence-electron chi connectivity index (χ1n) is 5.92. The highest BCUT2D eigenvalue weighted by molar-refractivity contribution is 5.38. The summed E-state index contributed by atoms with van der Waals surface area (Å²) in [5, 5.41) is 0. The van der Waals surface area contributed by atoms with Gasteiger partial charge in [-0.3, -0.25) is 0 Å². The summed E-state index contributed by atoms with van der Waals surface area (Å²) in [7, 11) is 1.66. The van der Waals surface area contributed by atoms with Crippen LogP contribution in [0.3, 0.4) is 0 Å². The minimum atomic E-state index is -0.218. The third kappa shape index (κ3) is 2.12. The molecule has 1 aromatic carbocycles. The van der Waals surface area contributed by atoms with Gasteiger partial charge in [-0.2, -0.15) is 0 Å². The summed E-state index contributed by atoms with van der Waals surface area (Å²) in [5.41, 5.74) is 2.13. The lowest BCUT2D eigenvalue weighted by Crippen LogP contribution is -1.96. The molecule has 1 fully saturated rings. The Bertz CT molecular complexity index is 512. The molecular weight excluding hydrogens is 230 g/mol. The molecule has 1 aliphatic rings. The molecule has 0 bridgehead atoms. The summed E-state index contributed by atoms with van der Waals surface area (Å²) in [4.78, 5) is 0. The van der Waals surface area contributed by atoms with Crippen LogP contribution in [-0.4, -0.2) is 24.9 Å². The van der Waals surface area contributed by atoms with E-state index in [1.165, 1.54) is 0 Å². The van der Waals surface area contributed by atoms with E-state index in [0.717, 1.165) is 17.0 Å². The molecule has 0 N–H and O–H groups in total. The molecule has 0 radical (unpaired) electrons. The highest BCUT2D eigenvalue weighted by atomic mass is 16.7. The van der Waals surface area contributed by atoms with Crippen LogP contribution in [0.5, 0.6) is 5.75 Å². The lowest BCUT2D eigenvalue weighted by Gasteiger charge is -2.07. The summed E-state index contributed by atoms with van der Waals surface area (Å²) in [6.07, 6.45) is 3.81. The molecule has 2 aromatic rings. The molecule has 1 aromatic heterocycles. The fraction of sp³-hybridized carbons (Fsp3) is 0.286. The van der Waals surface area contributed by atoms with Crippen molar-refractivity contribution in [2.24, 2.45) is 0 Å². The number of hydrogen-bond donors (Lipinski definition) is 0. The van der Waals surface area contributed by atoms with Crippen LogP contribution in [0.15, 0.2) is 42.7 Å².